The SMILES string of the molecule is CN1CCCCC1CCOc1c(Br)cc(C=O)cc1Br. The van der Waals surface area contributed by atoms with Gasteiger partial charge in [0.1, 0.15) is 12.0 Å². The highest BCUT2D eigenvalue weighted by Gasteiger charge is 2.19. The van der Waals surface area contributed by atoms with Gasteiger partial charge in [-0.25, -0.2) is 0 Å². The van der Waals surface area contributed by atoms with Crippen LogP contribution in [-0.4, -0.2) is 37.4 Å². The van der Waals surface area contributed by atoms with Crippen molar-refractivity contribution in [3.63, 3.8) is 0 Å². The van der Waals surface area contributed by atoms with Gasteiger partial charge in [-0.1, -0.05) is 6.42 Å². The smallest absolute Gasteiger partial charge is 0.150 e. The predicted octanol–water partition coefficient (Wildman–Crippen LogP) is 4.28. The number of rotatable bonds is 5. The van der Waals surface area contributed by atoms with Gasteiger partial charge in [-0.15, -0.1) is 0 Å². The molecule has 0 amide bonds. The minimum atomic E-state index is 0.621. The van der Waals surface area contributed by atoms with E-state index in [0.717, 1.165) is 27.4 Å². The maximum atomic E-state index is 10.8. The topological polar surface area (TPSA) is 29.5 Å². The van der Waals surface area contributed by atoms with Crippen LogP contribution in [0.4, 0.5) is 0 Å². The lowest BCUT2D eigenvalue weighted by atomic mass is 10.0. The van der Waals surface area contributed by atoms with Crippen molar-refractivity contribution in [1.82, 2.24) is 4.90 Å². The molecule has 1 heterocycles. The Morgan fingerprint density at radius 2 is 2.05 bits per heavy atom. The van der Waals surface area contributed by atoms with E-state index in [2.05, 4.69) is 43.8 Å². The Kier molecular flexibility index (Phi) is 6.05. The molecular weight excluding hydrogens is 386 g/mol. The summed E-state index contributed by atoms with van der Waals surface area (Å²) in [5.41, 5.74) is 0.628. The number of aldehydes is 1. The first-order valence-electron chi connectivity index (χ1n) is 6.89. The molecule has 0 bridgehead atoms. The van der Waals surface area contributed by atoms with E-state index >= 15 is 0 Å². The summed E-state index contributed by atoms with van der Waals surface area (Å²) in [6, 6.07) is 4.18. The molecule has 1 aromatic carbocycles. The number of likely N-dealkylation sites (tertiary alicyclic amines) is 1. The van der Waals surface area contributed by atoms with E-state index in [0.29, 0.717) is 18.2 Å². The normalized spacial score (nSPS) is 19.9. The second-order valence-corrected chi connectivity index (χ2v) is 6.91. The molecule has 0 N–H and O–H groups in total. The Labute approximate surface area is 136 Å². The van der Waals surface area contributed by atoms with Gasteiger partial charge in [-0.2, -0.15) is 0 Å². The summed E-state index contributed by atoms with van der Waals surface area (Å²) in [4.78, 5) is 13.2. The lowest BCUT2D eigenvalue weighted by Gasteiger charge is -2.32. The second-order valence-electron chi connectivity index (χ2n) is 5.20. The minimum Gasteiger partial charge on any atom is -0.491 e. The van der Waals surface area contributed by atoms with Gasteiger partial charge in [0.2, 0.25) is 0 Å². The van der Waals surface area contributed by atoms with E-state index < -0.39 is 0 Å². The lowest BCUT2D eigenvalue weighted by molar-refractivity contribution is 0.112. The van der Waals surface area contributed by atoms with Crippen molar-refractivity contribution in [3.8, 4) is 5.75 Å². The molecular formula is C15H19Br2NO2. The van der Waals surface area contributed by atoms with E-state index in [4.69, 9.17) is 4.74 Å². The van der Waals surface area contributed by atoms with Crippen LogP contribution >= 0.6 is 31.9 Å². The van der Waals surface area contributed by atoms with Crippen LogP contribution < -0.4 is 4.74 Å². The average molecular weight is 405 g/mol. The highest BCUT2D eigenvalue weighted by atomic mass is 79.9. The molecule has 0 aliphatic carbocycles. The minimum absolute atomic E-state index is 0.621. The van der Waals surface area contributed by atoms with E-state index in [1.54, 1.807) is 12.1 Å². The van der Waals surface area contributed by atoms with Crippen molar-refractivity contribution in [1.29, 1.82) is 0 Å². The Hall–Kier alpha value is -0.390. The largest absolute Gasteiger partial charge is 0.491 e. The standard InChI is InChI=1S/C15H19Br2NO2/c1-18-6-3-2-4-12(18)5-7-20-15-13(16)8-11(10-19)9-14(15)17/h8-10,12H,2-7H2,1H3. The Morgan fingerprint density at radius 3 is 2.65 bits per heavy atom. The fraction of sp³-hybridized carbons (Fsp3) is 0.533. The molecule has 1 atom stereocenters. The molecule has 1 fully saturated rings. The number of carbonyl (C=O) groups is 1. The summed E-state index contributed by atoms with van der Waals surface area (Å²) in [6.07, 6.45) is 5.74. The van der Waals surface area contributed by atoms with Crippen LogP contribution in [0.15, 0.2) is 21.1 Å². The van der Waals surface area contributed by atoms with Gasteiger partial charge in [0, 0.05) is 11.6 Å². The fourth-order valence-electron chi connectivity index (χ4n) is 2.59. The third-order valence-corrected chi connectivity index (χ3v) is 4.95. The number of benzene rings is 1. The maximum absolute atomic E-state index is 10.8. The van der Waals surface area contributed by atoms with Crippen molar-refractivity contribution in [3.05, 3.63) is 26.6 Å². The Balaban J connectivity index is 1.92. The van der Waals surface area contributed by atoms with Crippen LogP contribution in [-0.2, 0) is 0 Å². The van der Waals surface area contributed by atoms with Gasteiger partial charge in [0.25, 0.3) is 0 Å². The van der Waals surface area contributed by atoms with Gasteiger partial charge in [-0.05, 0) is 76.8 Å². The van der Waals surface area contributed by atoms with Gasteiger partial charge in [-0.3, -0.25) is 4.79 Å². The zero-order chi connectivity index (χ0) is 14.5. The van der Waals surface area contributed by atoms with Crippen molar-refractivity contribution in [2.75, 3.05) is 20.2 Å². The van der Waals surface area contributed by atoms with Gasteiger partial charge >= 0.3 is 0 Å². The fourth-order valence-corrected chi connectivity index (χ4v) is 4.04. The zero-order valence-electron chi connectivity index (χ0n) is 11.6. The monoisotopic (exact) mass is 403 g/mol. The molecule has 1 aromatic rings. The number of carbonyl (C=O) groups excluding carboxylic acids is 1. The van der Waals surface area contributed by atoms with Crippen LogP contribution in [0.3, 0.4) is 0 Å². The Bertz CT molecular complexity index is 456. The van der Waals surface area contributed by atoms with Crippen LogP contribution in [0.5, 0.6) is 5.75 Å². The van der Waals surface area contributed by atoms with Crippen molar-refractivity contribution in [2.45, 2.75) is 31.7 Å². The number of halogens is 2. The van der Waals surface area contributed by atoms with Crippen molar-refractivity contribution >= 4 is 38.1 Å². The number of ether oxygens (including phenoxy) is 1. The molecule has 2 rings (SSSR count). The van der Waals surface area contributed by atoms with Crippen molar-refractivity contribution in [2.24, 2.45) is 0 Å². The van der Waals surface area contributed by atoms with Crippen LogP contribution in [0, 0.1) is 0 Å². The highest BCUT2D eigenvalue weighted by molar-refractivity contribution is 9.11. The number of hydrogen-bond acceptors (Lipinski definition) is 3. The van der Waals surface area contributed by atoms with E-state index in [1.807, 2.05) is 0 Å². The molecule has 5 heteroatoms. The average Bonchev–Trinajstić information content (AvgIpc) is 2.43. The molecule has 20 heavy (non-hydrogen) atoms. The molecule has 1 aliphatic heterocycles. The first-order chi connectivity index (χ1) is 9.61. The molecule has 110 valence electrons. The lowest BCUT2D eigenvalue weighted by Crippen LogP contribution is -2.37. The summed E-state index contributed by atoms with van der Waals surface area (Å²) in [5, 5.41) is 0. The van der Waals surface area contributed by atoms with E-state index in [9.17, 15) is 4.79 Å². The zero-order valence-corrected chi connectivity index (χ0v) is 14.7. The first-order valence-corrected chi connectivity index (χ1v) is 8.47. The molecule has 0 aromatic heterocycles. The van der Waals surface area contributed by atoms with Gasteiger partial charge in [0.05, 0.1) is 15.6 Å². The molecule has 1 unspecified atom stereocenters. The molecule has 1 saturated heterocycles. The summed E-state index contributed by atoms with van der Waals surface area (Å²) < 4.78 is 7.50. The molecule has 1 aliphatic rings. The van der Waals surface area contributed by atoms with Gasteiger partial charge < -0.3 is 9.64 Å². The van der Waals surface area contributed by atoms with Gasteiger partial charge in [0.15, 0.2) is 0 Å². The van der Waals surface area contributed by atoms with Crippen LogP contribution in [0.2, 0.25) is 0 Å². The quantitative estimate of drug-likeness (QED) is 0.686. The van der Waals surface area contributed by atoms with Crippen molar-refractivity contribution < 1.29 is 9.53 Å². The number of nitrogens with zero attached hydrogens (tertiary/aromatic N) is 1. The first kappa shape index (κ1) is 16.0. The summed E-state index contributed by atoms with van der Waals surface area (Å²) in [5.74, 6) is 0.772. The second kappa shape index (κ2) is 7.57. The summed E-state index contributed by atoms with van der Waals surface area (Å²) in [7, 11) is 2.19. The summed E-state index contributed by atoms with van der Waals surface area (Å²) in [6.45, 7) is 1.87. The molecule has 3 nitrogen and oxygen atoms in total. The maximum Gasteiger partial charge on any atom is 0.150 e. The van der Waals surface area contributed by atoms with Crippen LogP contribution in [0.1, 0.15) is 36.0 Å². The number of hydrogen-bond donors (Lipinski definition) is 0. The molecule has 0 saturated carbocycles. The van der Waals surface area contributed by atoms with Crippen LogP contribution in [0.25, 0.3) is 0 Å². The van der Waals surface area contributed by atoms with E-state index in [-0.39, 0.29) is 0 Å². The third-order valence-electron chi connectivity index (χ3n) is 3.78. The molecule has 0 spiro atoms. The highest BCUT2D eigenvalue weighted by Crippen LogP contribution is 2.34. The third kappa shape index (κ3) is 4.06. The Morgan fingerprint density at radius 1 is 1.35 bits per heavy atom. The predicted molar refractivity (Wildman–Crippen MR) is 87.6 cm³/mol. The summed E-state index contributed by atoms with van der Waals surface area (Å²) >= 11 is 6.91. The molecule has 0 radical (unpaired) electrons. The van der Waals surface area contributed by atoms with E-state index in [1.165, 1.54) is 25.8 Å². The number of piperidine rings is 1.